The molecule has 0 radical (unpaired) electrons. The van der Waals surface area contributed by atoms with Crippen LogP contribution in [0.3, 0.4) is 0 Å². The van der Waals surface area contributed by atoms with E-state index in [4.69, 9.17) is 0 Å². The highest BCUT2D eigenvalue weighted by Crippen LogP contribution is 1.96. The van der Waals surface area contributed by atoms with Crippen LogP contribution in [-0.2, 0) is 11.3 Å². The van der Waals surface area contributed by atoms with Crippen molar-refractivity contribution in [2.75, 3.05) is 0 Å². The second-order valence-electron chi connectivity index (χ2n) is 1.66. The maximum atomic E-state index is 10.2. The molecule has 2 N–H and O–H groups in total. The van der Waals surface area contributed by atoms with Crippen LogP contribution in [0.2, 0.25) is 0 Å². The van der Waals surface area contributed by atoms with Crippen molar-refractivity contribution in [3.8, 4) is 0 Å². The van der Waals surface area contributed by atoms with E-state index in [-0.39, 0.29) is 12.4 Å². The van der Waals surface area contributed by atoms with Crippen LogP contribution >= 0.6 is 0 Å². The predicted molar refractivity (Wildman–Crippen MR) is 31.6 cm³/mol. The Morgan fingerprint density at radius 1 is 1.73 bits per heavy atom. The molecule has 1 aromatic rings. The lowest BCUT2D eigenvalue weighted by Gasteiger charge is -1.93. The van der Waals surface area contributed by atoms with Gasteiger partial charge in [-0.2, -0.15) is 0 Å². The summed E-state index contributed by atoms with van der Waals surface area (Å²) in [5.41, 5.74) is 4.64. The van der Waals surface area contributed by atoms with E-state index in [1.165, 1.54) is 0 Å². The molecule has 1 aromatic heterocycles. The van der Waals surface area contributed by atoms with Crippen LogP contribution in [0.15, 0.2) is 19.9 Å². The summed E-state index contributed by atoms with van der Waals surface area (Å²) in [6.07, 6.45) is 0.111. The third-order valence-electron chi connectivity index (χ3n) is 0.858. The van der Waals surface area contributed by atoms with Crippen molar-refractivity contribution < 1.29 is 18.4 Å². The minimum atomic E-state index is -0.936. The highest BCUT2D eigenvalue weighted by molar-refractivity contribution is 5.64. The highest BCUT2D eigenvalue weighted by atomic mass is 16.6. The number of nitrogens with two attached hydrogens (primary N) is 1. The third-order valence-corrected chi connectivity index (χ3v) is 0.858. The van der Waals surface area contributed by atoms with Crippen molar-refractivity contribution in [3.05, 3.63) is 22.6 Å². The van der Waals surface area contributed by atoms with Crippen molar-refractivity contribution in [1.82, 2.24) is 0 Å². The SMILES string of the molecule is NC(=O)OCc1coc(=O)o1. The maximum absolute atomic E-state index is 10.2. The first-order valence-electron chi connectivity index (χ1n) is 2.68. The molecule has 6 nitrogen and oxygen atoms in total. The maximum Gasteiger partial charge on any atom is 0.518 e. The van der Waals surface area contributed by atoms with Gasteiger partial charge < -0.3 is 19.3 Å². The second kappa shape index (κ2) is 2.91. The predicted octanol–water partition coefficient (Wildman–Crippen LogP) is -0.172. The number of hydrogen-bond acceptors (Lipinski definition) is 5. The van der Waals surface area contributed by atoms with Gasteiger partial charge in [0.25, 0.3) is 0 Å². The first-order chi connectivity index (χ1) is 5.18. The van der Waals surface area contributed by atoms with Crippen molar-refractivity contribution in [2.45, 2.75) is 6.61 Å². The Labute approximate surface area is 60.5 Å². The van der Waals surface area contributed by atoms with E-state index in [9.17, 15) is 9.59 Å². The van der Waals surface area contributed by atoms with Crippen LogP contribution in [0.25, 0.3) is 0 Å². The first-order valence-corrected chi connectivity index (χ1v) is 2.68. The molecule has 1 heterocycles. The lowest BCUT2D eigenvalue weighted by molar-refractivity contribution is 0.140. The van der Waals surface area contributed by atoms with Gasteiger partial charge in [-0.05, 0) is 0 Å². The number of amides is 1. The Hall–Kier alpha value is -1.72. The van der Waals surface area contributed by atoms with Crippen LogP contribution in [-0.4, -0.2) is 6.09 Å². The van der Waals surface area contributed by atoms with Gasteiger partial charge in [-0.3, -0.25) is 0 Å². The van der Waals surface area contributed by atoms with Gasteiger partial charge in [-0.1, -0.05) is 0 Å². The summed E-state index contributed by atoms with van der Waals surface area (Å²) in [5, 5.41) is 0. The topological polar surface area (TPSA) is 95.7 Å². The third kappa shape index (κ3) is 2.17. The fourth-order valence-electron chi connectivity index (χ4n) is 0.475. The van der Waals surface area contributed by atoms with E-state index in [0.717, 1.165) is 6.26 Å². The Morgan fingerprint density at radius 2 is 2.45 bits per heavy atom. The van der Waals surface area contributed by atoms with Gasteiger partial charge in [-0.25, -0.2) is 9.59 Å². The van der Waals surface area contributed by atoms with Gasteiger partial charge in [0.15, 0.2) is 12.4 Å². The molecular weight excluding hydrogens is 154 g/mol. The van der Waals surface area contributed by atoms with Crippen LogP contribution in [0.5, 0.6) is 0 Å². The van der Waals surface area contributed by atoms with Gasteiger partial charge >= 0.3 is 11.9 Å². The van der Waals surface area contributed by atoms with Gasteiger partial charge in [0.1, 0.15) is 6.26 Å². The van der Waals surface area contributed by atoms with Gasteiger partial charge in [0.2, 0.25) is 0 Å². The number of rotatable bonds is 2. The van der Waals surface area contributed by atoms with Crippen LogP contribution in [0.1, 0.15) is 5.76 Å². The number of carbonyl (C=O) groups excluding carboxylic acids is 1. The second-order valence-corrected chi connectivity index (χ2v) is 1.66. The van der Waals surface area contributed by atoms with Crippen molar-refractivity contribution in [2.24, 2.45) is 5.73 Å². The van der Waals surface area contributed by atoms with Gasteiger partial charge in [0, 0.05) is 0 Å². The lowest BCUT2D eigenvalue weighted by Crippen LogP contribution is -2.12. The molecule has 0 fully saturated rings. The minimum Gasteiger partial charge on any atom is -0.441 e. The number of ether oxygens (including phenoxy) is 1. The standard InChI is InChI=1S/C5H5NO5/c6-4(7)9-1-3-2-10-5(8)11-3/h2H,1H2,(H2,6,7). The number of carbonyl (C=O) groups is 1. The largest absolute Gasteiger partial charge is 0.518 e. The lowest BCUT2D eigenvalue weighted by atomic mass is 10.6. The van der Waals surface area contributed by atoms with Crippen LogP contribution in [0.4, 0.5) is 4.79 Å². The minimum absolute atomic E-state index is 0.119. The Balaban J connectivity index is 2.51. The smallest absolute Gasteiger partial charge is 0.441 e. The highest BCUT2D eigenvalue weighted by Gasteiger charge is 2.02. The number of primary amides is 1. The first kappa shape index (κ1) is 7.39. The number of hydrogen-bond donors (Lipinski definition) is 1. The molecule has 1 amide bonds. The summed E-state index contributed by atoms with van der Waals surface area (Å²) in [5.74, 6) is -0.720. The fraction of sp³-hybridized carbons (Fsp3) is 0.200. The quantitative estimate of drug-likeness (QED) is 0.646. The summed E-state index contributed by atoms with van der Waals surface area (Å²) in [4.78, 5) is 20.3. The summed E-state index contributed by atoms with van der Waals surface area (Å²) < 4.78 is 12.9. The van der Waals surface area contributed by atoms with Gasteiger partial charge in [0.05, 0.1) is 0 Å². The summed E-state index contributed by atoms with van der Waals surface area (Å²) >= 11 is 0. The summed E-state index contributed by atoms with van der Waals surface area (Å²) in [7, 11) is 0. The monoisotopic (exact) mass is 159 g/mol. The molecule has 0 atom stereocenters. The normalized spacial score (nSPS) is 9.45. The summed E-state index contributed by atoms with van der Waals surface area (Å²) in [6, 6.07) is 0. The molecule has 11 heavy (non-hydrogen) atoms. The zero-order valence-electron chi connectivity index (χ0n) is 5.40. The molecule has 6 heteroatoms. The Morgan fingerprint density at radius 3 is 2.91 bits per heavy atom. The molecule has 0 bridgehead atoms. The van der Waals surface area contributed by atoms with E-state index in [2.05, 4.69) is 19.3 Å². The average Bonchev–Trinajstić information content (AvgIpc) is 2.31. The molecule has 0 aliphatic carbocycles. The van der Waals surface area contributed by atoms with E-state index in [1.54, 1.807) is 0 Å². The Kier molecular flexibility index (Phi) is 1.95. The summed E-state index contributed by atoms with van der Waals surface area (Å²) in [6.45, 7) is -0.193. The van der Waals surface area contributed by atoms with E-state index < -0.39 is 11.9 Å². The zero-order chi connectivity index (χ0) is 8.27. The molecule has 0 unspecified atom stereocenters. The van der Waals surface area contributed by atoms with Gasteiger partial charge in [-0.15, -0.1) is 0 Å². The molecule has 1 rings (SSSR count). The molecule has 0 aromatic carbocycles. The molecule has 0 aliphatic heterocycles. The van der Waals surface area contributed by atoms with Crippen molar-refractivity contribution in [3.63, 3.8) is 0 Å². The molecule has 0 spiro atoms. The van der Waals surface area contributed by atoms with E-state index in [0.29, 0.717) is 0 Å². The molecule has 0 aliphatic rings. The molecule has 0 saturated heterocycles. The Bertz CT molecular complexity index is 298. The van der Waals surface area contributed by atoms with E-state index in [1.807, 2.05) is 0 Å². The van der Waals surface area contributed by atoms with E-state index >= 15 is 0 Å². The fourth-order valence-corrected chi connectivity index (χ4v) is 0.475. The average molecular weight is 159 g/mol. The van der Waals surface area contributed by atoms with Crippen molar-refractivity contribution in [1.29, 1.82) is 0 Å². The molecular formula is C5H5NO5. The van der Waals surface area contributed by atoms with Crippen molar-refractivity contribution >= 4 is 6.09 Å². The van der Waals surface area contributed by atoms with Crippen LogP contribution < -0.4 is 11.6 Å². The molecule has 0 saturated carbocycles. The van der Waals surface area contributed by atoms with Crippen LogP contribution in [0, 0.1) is 0 Å². The molecule has 60 valence electrons. The zero-order valence-corrected chi connectivity index (χ0v) is 5.40.